The third kappa shape index (κ3) is 4.35. The van der Waals surface area contributed by atoms with E-state index in [1.165, 1.54) is 0 Å². The Morgan fingerprint density at radius 2 is 2.00 bits per heavy atom. The molecule has 0 fully saturated rings. The summed E-state index contributed by atoms with van der Waals surface area (Å²) in [7, 11) is 0. The topological polar surface area (TPSA) is 52.5 Å². The molecule has 0 aromatic rings. The van der Waals surface area contributed by atoms with Crippen LogP contribution >= 0.6 is 0 Å². The highest BCUT2D eigenvalue weighted by Gasteiger charge is 2.23. The Morgan fingerprint density at radius 3 is 2.36 bits per heavy atom. The van der Waals surface area contributed by atoms with Crippen LogP contribution in [0.25, 0.3) is 0 Å². The van der Waals surface area contributed by atoms with Crippen molar-refractivity contribution in [3.05, 3.63) is 0 Å². The van der Waals surface area contributed by atoms with E-state index in [1.54, 1.807) is 6.92 Å². The van der Waals surface area contributed by atoms with Gasteiger partial charge in [-0.25, -0.2) is 0 Å². The van der Waals surface area contributed by atoms with Gasteiger partial charge in [-0.05, 0) is 12.8 Å². The zero-order chi connectivity index (χ0) is 8.91. The van der Waals surface area contributed by atoms with Crippen molar-refractivity contribution >= 4 is 0 Å². The molecule has 0 aliphatic rings. The molecule has 1 unspecified atom stereocenters. The lowest BCUT2D eigenvalue weighted by Gasteiger charge is -2.27. The summed E-state index contributed by atoms with van der Waals surface area (Å²) < 4.78 is 0. The van der Waals surface area contributed by atoms with Crippen LogP contribution in [0.3, 0.4) is 0 Å². The maximum atomic E-state index is 9.67. The molecule has 0 saturated carbocycles. The lowest BCUT2D eigenvalue weighted by atomic mass is 9.93. The minimum atomic E-state index is -0.671. The first-order valence-corrected chi connectivity index (χ1v) is 4.04. The number of nitrogens with one attached hydrogen (secondary N) is 1. The molecular weight excluding hydrogens is 142 g/mol. The van der Waals surface area contributed by atoms with E-state index in [0.29, 0.717) is 13.1 Å². The lowest BCUT2D eigenvalue weighted by molar-refractivity contribution is 0.0136. The average molecular weight is 161 g/mol. The Balaban J connectivity index is 3.55. The fourth-order valence-electron chi connectivity index (χ4n) is 0.625. The molecule has 0 radical (unpaired) electrons. The number of aliphatic hydroxyl groups is 2. The van der Waals surface area contributed by atoms with Gasteiger partial charge in [0.1, 0.15) is 0 Å². The third-order valence-electron chi connectivity index (χ3n) is 2.02. The zero-order valence-electron chi connectivity index (χ0n) is 7.59. The summed E-state index contributed by atoms with van der Waals surface area (Å²) >= 11 is 0. The zero-order valence-corrected chi connectivity index (χ0v) is 7.59. The molecule has 0 spiro atoms. The van der Waals surface area contributed by atoms with E-state index in [2.05, 4.69) is 5.32 Å². The van der Waals surface area contributed by atoms with Gasteiger partial charge >= 0.3 is 0 Å². The van der Waals surface area contributed by atoms with Crippen LogP contribution in [0, 0.1) is 5.92 Å². The van der Waals surface area contributed by atoms with Crippen LogP contribution in [0.15, 0.2) is 0 Å². The van der Waals surface area contributed by atoms with E-state index in [1.807, 2.05) is 13.8 Å². The van der Waals surface area contributed by atoms with Crippen molar-refractivity contribution in [2.24, 2.45) is 5.92 Å². The summed E-state index contributed by atoms with van der Waals surface area (Å²) in [6, 6.07) is 0. The van der Waals surface area contributed by atoms with Crippen LogP contribution in [0.2, 0.25) is 0 Å². The molecule has 0 rings (SSSR count). The standard InChI is InChI=1S/C8H19NO2/c1-7(2)8(3,11)6-9-4-5-10/h7,9-11H,4-6H2,1-3H3. The summed E-state index contributed by atoms with van der Waals surface area (Å²) in [5.74, 6) is 0.230. The molecule has 3 N–H and O–H groups in total. The average Bonchev–Trinajstić information content (AvgIpc) is 1.88. The first-order valence-electron chi connectivity index (χ1n) is 4.04. The van der Waals surface area contributed by atoms with Crippen molar-refractivity contribution in [2.45, 2.75) is 26.4 Å². The first kappa shape index (κ1) is 10.9. The van der Waals surface area contributed by atoms with Gasteiger partial charge in [0.05, 0.1) is 12.2 Å². The van der Waals surface area contributed by atoms with Gasteiger partial charge in [-0.2, -0.15) is 0 Å². The summed E-state index contributed by atoms with van der Waals surface area (Å²) in [5.41, 5.74) is -0.671. The fraction of sp³-hybridized carbons (Fsp3) is 1.00. The van der Waals surface area contributed by atoms with Gasteiger partial charge < -0.3 is 15.5 Å². The molecule has 3 heteroatoms. The molecule has 0 bridgehead atoms. The molecule has 0 saturated heterocycles. The monoisotopic (exact) mass is 161 g/mol. The van der Waals surface area contributed by atoms with Crippen LogP contribution < -0.4 is 5.32 Å². The number of hydrogen-bond acceptors (Lipinski definition) is 3. The van der Waals surface area contributed by atoms with Crippen molar-refractivity contribution in [1.82, 2.24) is 5.32 Å². The molecule has 0 aliphatic carbocycles. The van der Waals surface area contributed by atoms with Gasteiger partial charge in [0.2, 0.25) is 0 Å². The molecule has 0 aliphatic heterocycles. The minimum absolute atomic E-state index is 0.119. The normalized spacial score (nSPS) is 16.9. The van der Waals surface area contributed by atoms with Crippen LogP contribution in [0.1, 0.15) is 20.8 Å². The first-order chi connectivity index (χ1) is 5.00. The van der Waals surface area contributed by atoms with Gasteiger partial charge in [0.15, 0.2) is 0 Å². The second kappa shape index (κ2) is 4.70. The Kier molecular flexibility index (Phi) is 4.65. The maximum Gasteiger partial charge on any atom is 0.0766 e. The van der Waals surface area contributed by atoms with E-state index in [4.69, 9.17) is 5.11 Å². The van der Waals surface area contributed by atoms with Crippen molar-refractivity contribution in [3.63, 3.8) is 0 Å². The Labute approximate surface area is 68.4 Å². The molecule has 11 heavy (non-hydrogen) atoms. The quantitative estimate of drug-likeness (QED) is 0.496. The van der Waals surface area contributed by atoms with Crippen molar-refractivity contribution in [3.8, 4) is 0 Å². The minimum Gasteiger partial charge on any atom is -0.395 e. The number of aliphatic hydroxyl groups excluding tert-OH is 1. The van der Waals surface area contributed by atoms with Crippen molar-refractivity contribution < 1.29 is 10.2 Å². The SMILES string of the molecule is CC(C)C(C)(O)CNCCO. The molecular formula is C8H19NO2. The van der Waals surface area contributed by atoms with Gasteiger partial charge in [-0.15, -0.1) is 0 Å². The lowest BCUT2D eigenvalue weighted by Crippen LogP contribution is -2.42. The predicted octanol–water partition coefficient (Wildman–Crippen LogP) is -0.0247. The largest absolute Gasteiger partial charge is 0.395 e. The van der Waals surface area contributed by atoms with Crippen molar-refractivity contribution in [1.29, 1.82) is 0 Å². The van der Waals surface area contributed by atoms with E-state index in [-0.39, 0.29) is 12.5 Å². The van der Waals surface area contributed by atoms with Crippen LogP contribution in [0.4, 0.5) is 0 Å². The highest BCUT2D eigenvalue weighted by molar-refractivity contribution is 4.78. The Hall–Kier alpha value is -0.120. The molecule has 0 amide bonds. The van der Waals surface area contributed by atoms with E-state index in [0.717, 1.165) is 0 Å². The number of hydrogen-bond donors (Lipinski definition) is 3. The van der Waals surface area contributed by atoms with E-state index < -0.39 is 5.60 Å². The van der Waals surface area contributed by atoms with Crippen molar-refractivity contribution in [2.75, 3.05) is 19.7 Å². The fourth-order valence-corrected chi connectivity index (χ4v) is 0.625. The Bertz CT molecular complexity index is 102. The van der Waals surface area contributed by atoms with Crippen LogP contribution in [-0.2, 0) is 0 Å². The summed E-state index contributed by atoms with van der Waals surface area (Å²) in [5, 5.41) is 21.1. The second-order valence-electron chi connectivity index (χ2n) is 3.41. The van der Waals surface area contributed by atoms with Gasteiger partial charge in [0, 0.05) is 13.1 Å². The van der Waals surface area contributed by atoms with Gasteiger partial charge in [-0.3, -0.25) is 0 Å². The van der Waals surface area contributed by atoms with Gasteiger partial charge in [0.25, 0.3) is 0 Å². The molecule has 0 heterocycles. The molecule has 3 nitrogen and oxygen atoms in total. The third-order valence-corrected chi connectivity index (χ3v) is 2.02. The molecule has 68 valence electrons. The van der Waals surface area contributed by atoms with Crippen LogP contribution in [0.5, 0.6) is 0 Å². The maximum absolute atomic E-state index is 9.67. The summed E-state index contributed by atoms with van der Waals surface area (Å²) in [4.78, 5) is 0. The molecule has 0 aromatic carbocycles. The van der Waals surface area contributed by atoms with Crippen LogP contribution in [-0.4, -0.2) is 35.5 Å². The van der Waals surface area contributed by atoms with Gasteiger partial charge in [-0.1, -0.05) is 13.8 Å². The summed E-state index contributed by atoms with van der Waals surface area (Å²) in [6.45, 7) is 6.94. The molecule has 1 atom stereocenters. The smallest absolute Gasteiger partial charge is 0.0766 e. The summed E-state index contributed by atoms with van der Waals surface area (Å²) in [6.07, 6.45) is 0. The number of rotatable bonds is 5. The highest BCUT2D eigenvalue weighted by atomic mass is 16.3. The Morgan fingerprint density at radius 1 is 1.45 bits per heavy atom. The van der Waals surface area contributed by atoms with E-state index in [9.17, 15) is 5.11 Å². The predicted molar refractivity (Wildman–Crippen MR) is 45.4 cm³/mol. The van der Waals surface area contributed by atoms with E-state index >= 15 is 0 Å². The molecule has 0 aromatic heterocycles. The second-order valence-corrected chi connectivity index (χ2v) is 3.41. The highest BCUT2D eigenvalue weighted by Crippen LogP contribution is 2.13.